The van der Waals surface area contributed by atoms with Crippen molar-refractivity contribution >= 4 is 38.6 Å². The molecule has 272 valence electrons. The van der Waals surface area contributed by atoms with Crippen molar-refractivity contribution in [2.45, 2.75) is 88.9 Å². The summed E-state index contributed by atoms with van der Waals surface area (Å²) in [6, 6.07) is 54.0. The van der Waals surface area contributed by atoms with Gasteiger partial charge in [-0.25, -0.2) is 0 Å². The molecule has 7 aromatic carbocycles. The summed E-state index contributed by atoms with van der Waals surface area (Å²) in [6.45, 7) is 4.85. The van der Waals surface area contributed by atoms with E-state index in [9.17, 15) is 0 Å². The normalized spacial score (nSPS) is 21.2. The predicted molar refractivity (Wildman–Crippen MR) is 233 cm³/mol. The van der Waals surface area contributed by atoms with Crippen LogP contribution in [0.3, 0.4) is 0 Å². The smallest absolute Gasteiger partial charge is 0.0540 e. The van der Waals surface area contributed by atoms with Crippen LogP contribution in [0.15, 0.2) is 140 Å². The number of benzene rings is 7. The van der Waals surface area contributed by atoms with Crippen LogP contribution in [0.1, 0.15) is 106 Å². The predicted octanol–water partition coefficient (Wildman–Crippen LogP) is 15.4. The number of nitrogens with zero attached hydrogens (tertiary/aromatic N) is 1. The first kappa shape index (κ1) is 33.2. The Morgan fingerprint density at radius 3 is 2.00 bits per heavy atom. The molecule has 0 amide bonds. The zero-order valence-corrected chi connectivity index (χ0v) is 32.4. The molecule has 55 heavy (non-hydrogen) atoms. The van der Waals surface area contributed by atoms with Crippen molar-refractivity contribution in [1.29, 1.82) is 0 Å². The number of fused-ring (bicyclic) bond motifs is 7. The van der Waals surface area contributed by atoms with Gasteiger partial charge >= 0.3 is 0 Å². The lowest BCUT2D eigenvalue weighted by Gasteiger charge is -2.31. The fourth-order valence-corrected chi connectivity index (χ4v) is 11.6. The van der Waals surface area contributed by atoms with E-state index < -0.39 is 0 Å². The monoisotopic (exact) mass is 713 g/mol. The van der Waals surface area contributed by atoms with E-state index in [1.165, 1.54) is 135 Å². The molecule has 1 nitrogen and oxygen atoms in total. The maximum atomic E-state index is 2.57. The number of hydrogen-bond acceptors (Lipinski definition) is 1. The summed E-state index contributed by atoms with van der Waals surface area (Å²) in [4.78, 5) is 2.57. The third-order valence-electron chi connectivity index (χ3n) is 14.5. The van der Waals surface area contributed by atoms with Crippen LogP contribution in [0, 0.1) is 11.8 Å². The highest BCUT2D eigenvalue weighted by molar-refractivity contribution is 6.01. The lowest BCUT2D eigenvalue weighted by atomic mass is 9.81. The van der Waals surface area contributed by atoms with Crippen molar-refractivity contribution < 1.29 is 0 Å². The number of anilines is 3. The molecular formula is C54H51N. The molecule has 4 aliphatic carbocycles. The third-order valence-corrected chi connectivity index (χ3v) is 14.5. The minimum Gasteiger partial charge on any atom is -0.310 e. The summed E-state index contributed by atoms with van der Waals surface area (Å²) in [5, 5.41) is 5.38. The molecular weight excluding hydrogens is 663 g/mol. The van der Waals surface area contributed by atoms with Gasteiger partial charge in [-0.15, -0.1) is 0 Å². The Bertz CT molecular complexity index is 2580. The molecule has 0 aromatic heterocycles. The Morgan fingerprint density at radius 1 is 0.527 bits per heavy atom. The molecule has 3 atom stereocenters. The number of hydrogen-bond donors (Lipinski definition) is 0. The highest BCUT2D eigenvalue weighted by atomic mass is 15.1. The highest BCUT2D eigenvalue weighted by Gasteiger charge is 2.41. The van der Waals surface area contributed by atoms with Gasteiger partial charge in [-0.1, -0.05) is 137 Å². The zero-order valence-electron chi connectivity index (χ0n) is 32.4. The van der Waals surface area contributed by atoms with Crippen LogP contribution in [-0.4, -0.2) is 0 Å². The topological polar surface area (TPSA) is 3.24 Å². The van der Waals surface area contributed by atoms with Gasteiger partial charge in [0.1, 0.15) is 0 Å². The van der Waals surface area contributed by atoms with Crippen molar-refractivity contribution in [2.24, 2.45) is 11.8 Å². The first-order valence-electron chi connectivity index (χ1n) is 21.2. The average molecular weight is 714 g/mol. The zero-order chi connectivity index (χ0) is 36.7. The van der Waals surface area contributed by atoms with Gasteiger partial charge in [0, 0.05) is 22.2 Å². The number of rotatable bonds is 6. The van der Waals surface area contributed by atoms with Crippen LogP contribution >= 0.6 is 0 Å². The summed E-state index contributed by atoms with van der Waals surface area (Å²) in [5.41, 5.74) is 14.8. The molecule has 4 aliphatic rings. The van der Waals surface area contributed by atoms with Gasteiger partial charge in [0.05, 0.1) is 5.69 Å². The van der Waals surface area contributed by atoms with E-state index in [2.05, 4.69) is 158 Å². The van der Waals surface area contributed by atoms with Crippen molar-refractivity contribution in [3.05, 3.63) is 162 Å². The second-order valence-corrected chi connectivity index (χ2v) is 17.9. The Hall–Kier alpha value is -5.14. The summed E-state index contributed by atoms with van der Waals surface area (Å²) in [7, 11) is 0. The Balaban J connectivity index is 1.02. The van der Waals surface area contributed by atoms with Gasteiger partial charge in [0.15, 0.2) is 0 Å². The van der Waals surface area contributed by atoms with Crippen LogP contribution < -0.4 is 4.90 Å². The second-order valence-electron chi connectivity index (χ2n) is 17.9. The highest BCUT2D eigenvalue weighted by Crippen LogP contribution is 2.56. The van der Waals surface area contributed by atoms with Crippen LogP contribution in [0.4, 0.5) is 17.1 Å². The summed E-state index contributed by atoms with van der Waals surface area (Å²) >= 11 is 0. The molecule has 0 saturated heterocycles. The molecule has 2 bridgehead atoms. The van der Waals surface area contributed by atoms with Gasteiger partial charge in [-0.3, -0.25) is 0 Å². The van der Waals surface area contributed by atoms with E-state index in [0.717, 1.165) is 11.8 Å². The van der Waals surface area contributed by atoms with Gasteiger partial charge in [-0.2, -0.15) is 0 Å². The van der Waals surface area contributed by atoms with E-state index in [0.29, 0.717) is 11.8 Å². The summed E-state index contributed by atoms with van der Waals surface area (Å²) in [5.74, 6) is 3.16. The van der Waals surface area contributed by atoms with Gasteiger partial charge < -0.3 is 4.90 Å². The molecule has 0 aliphatic heterocycles. The molecule has 3 unspecified atom stereocenters. The molecule has 0 radical (unpaired) electrons. The minimum absolute atomic E-state index is 0.141. The lowest BCUT2D eigenvalue weighted by molar-refractivity contribution is 0.422. The van der Waals surface area contributed by atoms with Crippen molar-refractivity contribution in [2.75, 3.05) is 4.90 Å². The van der Waals surface area contributed by atoms with Crippen molar-refractivity contribution in [3.63, 3.8) is 0 Å². The van der Waals surface area contributed by atoms with Crippen molar-refractivity contribution in [3.8, 4) is 22.3 Å². The van der Waals surface area contributed by atoms with E-state index in [-0.39, 0.29) is 5.41 Å². The summed E-state index contributed by atoms with van der Waals surface area (Å²) < 4.78 is 0. The molecule has 0 spiro atoms. The molecule has 0 N–H and O–H groups in total. The largest absolute Gasteiger partial charge is 0.310 e. The lowest BCUT2D eigenvalue weighted by Crippen LogP contribution is -2.17. The first-order valence-corrected chi connectivity index (χ1v) is 21.2. The molecule has 11 rings (SSSR count). The van der Waals surface area contributed by atoms with Crippen LogP contribution in [-0.2, 0) is 5.41 Å². The minimum atomic E-state index is -0.141. The summed E-state index contributed by atoms with van der Waals surface area (Å²) in [6.07, 6.45) is 12.4. The fraction of sp³-hybridized carbons (Fsp3) is 0.296. The molecule has 3 saturated carbocycles. The Kier molecular flexibility index (Phi) is 7.84. The van der Waals surface area contributed by atoms with Crippen LogP contribution in [0.5, 0.6) is 0 Å². The Labute approximate surface area is 327 Å². The quantitative estimate of drug-likeness (QED) is 0.166. The SMILES string of the molecule is CC1(C)c2cc(-c3ccc4ccccc4c3)ccc2-c2ccc(N(c3ccc(C4CCCCC4)cc3)c3ccc(C4CC5CCC4C5)c4ccccc34)cc21. The molecule has 3 fully saturated rings. The maximum Gasteiger partial charge on any atom is 0.0540 e. The van der Waals surface area contributed by atoms with Crippen molar-refractivity contribution in [1.82, 2.24) is 0 Å². The first-order chi connectivity index (χ1) is 27.0. The maximum absolute atomic E-state index is 2.57. The van der Waals surface area contributed by atoms with E-state index in [4.69, 9.17) is 0 Å². The standard InChI is InChI=1S/C54H51N/c1-54(2)51-33-41(40-19-18-37-12-6-7-13-39(37)32-40)22-26-47(51)48-27-25-44(34-52(48)54)55(43-23-20-38(21-24-43)36-10-4-3-5-11-36)53-29-28-46(45-14-8-9-15-49(45)53)50-31-35-16-17-42(50)30-35/h6-9,12-15,18-29,32-36,42,50H,3-5,10-11,16-17,30-31H2,1-2H3. The van der Waals surface area contributed by atoms with Gasteiger partial charge in [0.2, 0.25) is 0 Å². The average Bonchev–Trinajstić information content (AvgIpc) is 3.94. The molecule has 7 aromatic rings. The van der Waals surface area contributed by atoms with E-state index >= 15 is 0 Å². The molecule has 1 heteroatoms. The van der Waals surface area contributed by atoms with Gasteiger partial charge in [-0.05, 0) is 159 Å². The Morgan fingerprint density at radius 2 is 1.22 bits per heavy atom. The van der Waals surface area contributed by atoms with Crippen LogP contribution in [0.2, 0.25) is 0 Å². The third kappa shape index (κ3) is 5.48. The van der Waals surface area contributed by atoms with Crippen LogP contribution in [0.25, 0.3) is 43.8 Å². The fourth-order valence-electron chi connectivity index (χ4n) is 11.6. The molecule has 0 heterocycles. The van der Waals surface area contributed by atoms with Gasteiger partial charge in [0.25, 0.3) is 0 Å². The van der Waals surface area contributed by atoms with E-state index in [1.807, 2.05) is 0 Å². The second kappa shape index (κ2) is 13.0. The van der Waals surface area contributed by atoms with E-state index in [1.54, 1.807) is 5.56 Å².